The molecule has 0 saturated heterocycles. The molecule has 0 radical (unpaired) electrons. The van der Waals surface area contributed by atoms with Crippen molar-refractivity contribution in [2.45, 2.75) is 6.36 Å². The van der Waals surface area contributed by atoms with Crippen LogP contribution in [0.2, 0.25) is 0 Å². The summed E-state index contributed by atoms with van der Waals surface area (Å²) in [6, 6.07) is 11.3. The molecule has 0 spiro atoms. The number of amides is 1. The Balaban J connectivity index is 1.38. The zero-order chi connectivity index (χ0) is 27.7. The molecule has 14 heteroatoms. The molecule has 0 fully saturated rings. The SMILES string of the molecule is Cn1ccc2c(Oc3ccc(NC(=O)c4nn(-c5ccccc5OC(F)(F)F)ccc4=O)cc3F)ncnc21. The number of benzene rings is 2. The van der Waals surface area contributed by atoms with Gasteiger partial charge in [-0.15, -0.1) is 13.2 Å². The molecule has 1 amide bonds. The van der Waals surface area contributed by atoms with E-state index < -0.39 is 35.0 Å². The minimum absolute atomic E-state index is 0.0326. The molecule has 3 aromatic heterocycles. The molecule has 0 aliphatic rings. The first kappa shape index (κ1) is 25.4. The number of ether oxygens (including phenoxy) is 2. The lowest BCUT2D eigenvalue weighted by Crippen LogP contribution is -2.26. The van der Waals surface area contributed by atoms with Crippen molar-refractivity contribution in [3.05, 3.63) is 95.1 Å². The number of hydrogen-bond acceptors (Lipinski definition) is 7. The van der Waals surface area contributed by atoms with Crippen LogP contribution < -0.4 is 20.2 Å². The molecule has 5 rings (SSSR count). The molecule has 0 bridgehead atoms. The number of hydrogen-bond donors (Lipinski definition) is 1. The van der Waals surface area contributed by atoms with Crippen molar-refractivity contribution in [2.75, 3.05) is 5.32 Å². The fourth-order valence-electron chi connectivity index (χ4n) is 3.65. The van der Waals surface area contributed by atoms with E-state index in [2.05, 4.69) is 25.1 Å². The molecule has 10 nitrogen and oxygen atoms in total. The van der Waals surface area contributed by atoms with E-state index in [-0.39, 0.29) is 23.0 Å². The maximum absolute atomic E-state index is 14.8. The van der Waals surface area contributed by atoms with Crippen molar-refractivity contribution in [3.8, 4) is 23.1 Å². The largest absolute Gasteiger partial charge is 0.573 e. The van der Waals surface area contributed by atoms with Gasteiger partial charge in [-0.1, -0.05) is 12.1 Å². The summed E-state index contributed by atoms with van der Waals surface area (Å²) in [5.41, 5.74) is -1.08. The topological polar surface area (TPSA) is 113 Å². The molecule has 1 N–H and O–H groups in total. The number of aromatic nitrogens is 5. The Kier molecular flexibility index (Phi) is 6.44. The van der Waals surface area contributed by atoms with Gasteiger partial charge in [-0.2, -0.15) is 5.10 Å². The molecule has 2 aromatic carbocycles. The standard InChI is InChI=1S/C25H16F4N6O4/c1-34-10-8-15-22(34)30-13-31-24(15)38-19-7-6-14(12-16(19)26)32-23(37)21-18(36)9-11-35(33-21)17-4-2-3-5-20(17)39-25(27,28)29/h2-13H,1H3,(H,32,37). The van der Waals surface area contributed by atoms with E-state index in [0.717, 1.165) is 29.1 Å². The zero-order valence-corrected chi connectivity index (χ0v) is 19.8. The summed E-state index contributed by atoms with van der Waals surface area (Å²) in [5.74, 6) is -2.51. The minimum Gasteiger partial charge on any atom is -0.435 e. The number of aryl methyl sites for hydroxylation is 1. The fourth-order valence-corrected chi connectivity index (χ4v) is 3.65. The van der Waals surface area contributed by atoms with E-state index in [4.69, 9.17) is 4.74 Å². The predicted molar refractivity (Wildman–Crippen MR) is 129 cm³/mol. The van der Waals surface area contributed by atoms with Crippen molar-refractivity contribution in [1.29, 1.82) is 0 Å². The molecule has 3 heterocycles. The second kappa shape index (κ2) is 9.89. The number of halogens is 4. The van der Waals surface area contributed by atoms with Crippen LogP contribution in [0.1, 0.15) is 10.5 Å². The Morgan fingerprint density at radius 3 is 2.56 bits per heavy atom. The van der Waals surface area contributed by atoms with Gasteiger partial charge in [-0.3, -0.25) is 9.59 Å². The van der Waals surface area contributed by atoms with Crippen LogP contribution >= 0.6 is 0 Å². The van der Waals surface area contributed by atoms with Crippen molar-refractivity contribution in [3.63, 3.8) is 0 Å². The molecular formula is C25H16F4N6O4. The highest BCUT2D eigenvalue weighted by molar-refractivity contribution is 6.02. The number of para-hydroxylation sites is 2. The molecule has 5 aromatic rings. The molecule has 0 atom stereocenters. The minimum atomic E-state index is -4.98. The molecule has 39 heavy (non-hydrogen) atoms. The van der Waals surface area contributed by atoms with E-state index in [1.807, 2.05) is 0 Å². The van der Waals surface area contributed by atoms with Gasteiger partial charge in [0.25, 0.3) is 5.91 Å². The van der Waals surface area contributed by atoms with Crippen molar-refractivity contribution >= 4 is 22.6 Å². The summed E-state index contributed by atoms with van der Waals surface area (Å²) in [6.07, 6.45) is -0.873. The number of carbonyl (C=O) groups excluding carboxylic acids is 1. The highest BCUT2D eigenvalue weighted by Gasteiger charge is 2.32. The predicted octanol–water partition coefficient (Wildman–Crippen LogP) is 4.60. The quantitative estimate of drug-likeness (QED) is 0.313. The monoisotopic (exact) mass is 540 g/mol. The van der Waals surface area contributed by atoms with Crippen LogP contribution in [0, 0.1) is 5.82 Å². The first-order chi connectivity index (χ1) is 18.6. The molecule has 0 unspecified atom stereocenters. The number of carbonyl (C=O) groups is 1. The van der Waals surface area contributed by atoms with Crippen LogP contribution in [0.3, 0.4) is 0 Å². The van der Waals surface area contributed by atoms with Crippen LogP contribution in [-0.2, 0) is 7.05 Å². The van der Waals surface area contributed by atoms with Gasteiger partial charge in [-0.05, 0) is 30.3 Å². The Morgan fingerprint density at radius 2 is 1.79 bits per heavy atom. The second-order valence-corrected chi connectivity index (χ2v) is 8.03. The Morgan fingerprint density at radius 1 is 1.00 bits per heavy atom. The van der Waals surface area contributed by atoms with E-state index >= 15 is 0 Å². The highest BCUT2D eigenvalue weighted by Crippen LogP contribution is 2.30. The van der Waals surface area contributed by atoms with Crippen LogP contribution in [0.15, 0.2) is 78.1 Å². The number of nitrogens with zero attached hydrogens (tertiary/aromatic N) is 5. The van der Waals surface area contributed by atoms with Gasteiger partial charge in [0.15, 0.2) is 23.0 Å². The first-order valence-corrected chi connectivity index (χ1v) is 11.1. The van der Waals surface area contributed by atoms with Gasteiger partial charge in [0.1, 0.15) is 17.7 Å². The van der Waals surface area contributed by atoms with E-state index in [1.165, 1.54) is 36.7 Å². The summed E-state index contributed by atoms with van der Waals surface area (Å²) in [5, 5.41) is 6.77. The Labute approximate surface area is 216 Å². The Bertz CT molecular complexity index is 1770. The normalized spacial score (nSPS) is 11.4. The summed E-state index contributed by atoms with van der Waals surface area (Å²) in [6.45, 7) is 0. The first-order valence-electron chi connectivity index (χ1n) is 11.1. The van der Waals surface area contributed by atoms with Gasteiger partial charge < -0.3 is 19.4 Å². The summed E-state index contributed by atoms with van der Waals surface area (Å²) >= 11 is 0. The smallest absolute Gasteiger partial charge is 0.435 e. The number of rotatable bonds is 6. The van der Waals surface area contributed by atoms with Crippen LogP contribution in [-0.4, -0.2) is 36.6 Å². The van der Waals surface area contributed by atoms with E-state index in [0.29, 0.717) is 11.0 Å². The summed E-state index contributed by atoms with van der Waals surface area (Å²) < 4.78 is 65.4. The molecular weight excluding hydrogens is 524 g/mol. The molecule has 0 aliphatic carbocycles. The lowest BCUT2D eigenvalue weighted by Gasteiger charge is -2.14. The highest BCUT2D eigenvalue weighted by atomic mass is 19.4. The number of nitrogens with one attached hydrogen (secondary N) is 1. The van der Waals surface area contributed by atoms with Gasteiger partial charge in [0, 0.05) is 37.3 Å². The van der Waals surface area contributed by atoms with Crippen LogP contribution in [0.4, 0.5) is 23.2 Å². The van der Waals surface area contributed by atoms with Crippen LogP contribution in [0.25, 0.3) is 16.7 Å². The van der Waals surface area contributed by atoms with Gasteiger partial charge in [0.2, 0.25) is 11.3 Å². The fraction of sp³-hybridized carbons (Fsp3) is 0.0800. The third kappa shape index (κ3) is 5.39. The van der Waals surface area contributed by atoms with Gasteiger partial charge in [0.05, 0.1) is 5.39 Å². The number of anilines is 1. The van der Waals surface area contributed by atoms with E-state index in [9.17, 15) is 27.2 Å². The van der Waals surface area contributed by atoms with Crippen molar-refractivity contribution < 1.29 is 31.8 Å². The zero-order valence-electron chi connectivity index (χ0n) is 19.8. The van der Waals surface area contributed by atoms with Gasteiger partial charge >= 0.3 is 6.36 Å². The molecule has 198 valence electrons. The van der Waals surface area contributed by atoms with Crippen molar-refractivity contribution in [1.82, 2.24) is 24.3 Å². The third-order valence-electron chi connectivity index (χ3n) is 5.38. The third-order valence-corrected chi connectivity index (χ3v) is 5.38. The van der Waals surface area contributed by atoms with E-state index in [1.54, 1.807) is 23.9 Å². The molecule has 0 saturated carbocycles. The lowest BCUT2D eigenvalue weighted by atomic mass is 10.2. The number of fused-ring (bicyclic) bond motifs is 1. The molecule has 0 aliphatic heterocycles. The maximum Gasteiger partial charge on any atom is 0.573 e. The number of alkyl halides is 3. The average molecular weight is 540 g/mol. The van der Waals surface area contributed by atoms with Crippen LogP contribution in [0.5, 0.6) is 17.4 Å². The van der Waals surface area contributed by atoms with Gasteiger partial charge in [-0.25, -0.2) is 19.0 Å². The summed E-state index contributed by atoms with van der Waals surface area (Å²) in [7, 11) is 1.78. The Hall–Kier alpha value is -5.27. The average Bonchev–Trinajstić information content (AvgIpc) is 3.27. The van der Waals surface area contributed by atoms with Crippen molar-refractivity contribution in [2.24, 2.45) is 7.05 Å². The summed E-state index contributed by atoms with van der Waals surface area (Å²) in [4.78, 5) is 33.3. The second-order valence-electron chi connectivity index (χ2n) is 8.03. The lowest BCUT2D eigenvalue weighted by molar-refractivity contribution is -0.274. The maximum atomic E-state index is 14.8.